The molecular weight excluding hydrogens is 316 g/mol. The lowest BCUT2D eigenvalue weighted by atomic mass is 10.2. The van der Waals surface area contributed by atoms with Crippen LogP contribution in [0.4, 0.5) is 0 Å². The molecule has 0 fully saturated rings. The highest BCUT2D eigenvalue weighted by Crippen LogP contribution is 2.29. The molecule has 0 amide bonds. The van der Waals surface area contributed by atoms with Crippen molar-refractivity contribution >= 4 is 37.9 Å². The highest BCUT2D eigenvalue weighted by Gasteiger charge is 2.13. The van der Waals surface area contributed by atoms with E-state index in [-0.39, 0.29) is 0 Å². The minimum Gasteiger partial charge on any atom is -0.337 e. The second kappa shape index (κ2) is 4.18. The van der Waals surface area contributed by atoms with Crippen molar-refractivity contribution < 1.29 is 0 Å². The number of aromatic amines is 2. The van der Waals surface area contributed by atoms with Gasteiger partial charge in [-0.2, -0.15) is 5.10 Å². The Hall–Kier alpha value is -2.14. The first-order valence-electron chi connectivity index (χ1n) is 6.32. The smallest absolute Gasteiger partial charge is 0.159 e. The van der Waals surface area contributed by atoms with Crippen LogP contribution in [-0.4, -0.2) is 20.2 Å². The molecular formula is C15H11BrN4. The van der Waals surface area contributed by atoms with E-state index in [1.807, 2.05) is 36.4 Å². The topological polar surface area (TPSA) is 57.4 Å². The normalized spacial score (nSPS) is 11.5. The summed E-state index contributed by atoms with van der Waals surface area (Å²) in [6.45, 7) is 2.06. The molecule has 20 heavy (non-hydrogen) atoms. The Morgan fingerprint density at radius 1 is 1.05 bits per heavy atom. The largest absolute Gasteiger partial charge is 0.337 e. The van der Waals surface area contributed by atoms with Crippen LogP contribution in [0.15, 0.2) is 40.9 Å². The van der Waals surface area contributed by atoms with Gasteiger partial charge in [0.1, 0.15) is 5.69 Å². The molecule has 4 rings (SSSR count). The van der Waals surface area contributed by atoms with Crippen molar-refractivity contribution in [2.24, 2.45) is 0 Å². The van der Waals surface area contributed by atoms with Gasteiger partial charge in [-0.15, -0.1) is 0 Å². The number of nitrogens with zero attached hydrogens (tertiary/aromatic N) is 2. The number of aryl methyl sites for hydroxylation is 1. The monoisotopic (exact) mass is 326 g/mol. The van der Waals surface area contributed by atoms with Crippen LogP contribution >= 0.6 is 15.9 Å². The van der Waals surface area contributed by atoms with Crippen LogP contribution in [0.25, 0.3) is 33.5 Å². The average molecular weight is 327 g/mol. The third-order valence-electron chi connectivity index (χ3n) is 3.54. The summed E-state index contributed by atoms with van der Waals surface area (Å²) >= 11 is 3.54. The number of H-pyrrole nitrogens is 2. The van der Waals surface area contributed by atoms with Crippen molar-refractivity contribution in [3.8, 4) is 11.5 Å². The molecule has 0 spiro atoms. The first-order valence-corrected chi connectivity index (χ1v) is 7.11. The molecule has 2 aromatic heterocycles. The number of para-hydroxylation sites is 1. The fourth-order valence-corrected chi connectivity index (χ4v) is 2.76. The summed E-state index contributed by atoms with van der Waals surface area (Å²) in [6.07, 6.45) is 0. The minimum absolute atomic E-state index is 0.790. The number of hydrogen-bond acceptors (Lipinski definition) is 2. The molecule has 2 N–H and O–H groups in total. The van der Waals surface area contributed by atoms with Crippen LogP contribution in [0.3, 0.4) is 0 Å². The van der Waals surface area contributed by atoms with E-state index in [2.05, 4.69) is 38.0 Å². The maximum atomic E-state index is 4.70. The summed E-state index contributed by atoms with van der Waals surface area (Å²) in [4.78, 5) is 8.04. The van der Waals surface area contributed by atoms with E-state index < -0.39 is 0 Å². The second-order valence-corrected chi connectivity index (χ2v) is 5.63. The number of imidazole rings is 1. The highest BCUT2D eigenvalue weighted by molar-refractivity contribution is 9.10. The van der Waals surface area contributed by atoms with Crippen molar-refractivity contribution in [2.45, 2.75) is 6.92 Å². The summed E-state index contributed by atoms with van der Waals surface area (Å²) in [6, 6.07) is 12.1. The van der Waals surface area contributed by atoms with Crippen molar-refractivity contribution in [1.82, 2.24) is 20.2 Å². The van der Waals surface area contributed by atoms with Gasteiger partial charge in [-0.05, 0) is 30.7 Å². The Labute approximate surface area is 123 Å². The maximum absolute atomic E-state index is 4.70. The zero-order valence-corrected chi connectivity index (χ0v) is 12.3. The Bertz CT molecular complexity index is 936. The fraction of sp³-hybridized carbons (Fsp3) is 0.0667. The summed E-state index contributed by atoms with van der Waals surface area (Å²) in [5, 5.41) is 8.49. The number of hydrogen-bond donors (Lipinski definition) is 2. The van der Waals surface area contributed by atoms with E-state index in [0.717, 1.165) is 43.5 Å². The van der Waals surface area contributed by atoms with Gasteiger partial charge < -0.3 is 4.98 Å². The SMILES string of the molecule is Cc1c(Br)ccc2[nH]c(-c3n[nH]c4ccccc34)nc12. The molecule has 4 nitrogen and oxygen atoms in total. The predicted molar refractivity (Wildman–Crippen MR) is 83.6 cm³/mol. The molecule has 5 heteroatoms. The summed E-state index contributed by atoms with van der Waals surface area (Å²) in [5.41, 5.74) is 4.99. The summed E-state index contributed by atoms with van der Waals surface area (Å²) in [7, 11) is 0. The third-order valence-corrected chi connectivity index (χ3v) is 4.40. The number of nitrogens with one attached hydrogen (secondary N) is 2. The van der Waals surface area contributed by atoms with Gasteiger partial charge in [-0.1, -0.05) is 34.1 Å². The molecule has 98 valence electrons. The quantitative estimate of drug-likeness (QED) is 0.551. The van der Waals surface area contributed by atoms with Gasteiger partial charge in [0.15, 0.2) is 5.82 Å². The molecule has 0 atom stereocenters. The Kier molecular flexibility index (Phi) is 2.44. The molecule has 0 radical (unpaired) electrons. The van der Waals surface area contributed by atoms with Crippen LogP contribution in [0.2, 0.25) is 0 Å². The third kappa shape index (κ3) is 1.59. The minimum atomic E-state index is 0.790. The van der Waals surface area contributed by atoms with Gasteiger partial charge in [0, 0.05) is 9.86 Å². The zero-order chi connectivity index (χ0) is 13.7. The number of fused-ring (bicyclic) bond motifs is 2. The van der Waals surface area contributed by atoms with Crippen molar-refractivity contribution in [1.29, 1.82) is 0 Å². The second-order valence-electron chi connectivity index (χ2n) is 4.77. The Balaban J connectivity index is 2.01. The molecule has 2 heterocycles. The van der Waals surface area contributed by atoms with E-state index >= 15 is 0 Å². The molecule has 0 saturated carbocycles. The molecule has 0 aliphatic rings. The van der Waals surface area contributed by atoms with Gasteiger partial charge in [0.05, 0.1) is 16.6 Å². The lowest BCUT2D eigenvalue weighted by Crippen LogP contribution is -1.81. The Morgan fingerprint density at radius 3 is 2.80 bits per heavy atom. The number of rotatable bonds is 1. The van der Waals surface area contributed by atoms with Crippen LogP contribution in [0.1, 0.15) is 5.56 Å². The van der Waals surface area contributed by atoms with Crippen molar-refractivity contribution in [3.05, 3.63) is 46.4 Å². The van der Waals surface area contributed by atoms with E-state index in [1.165, 1.54) is 0 Å². The van der Waals surface area contributed by atoms with Gasteiger partial charge in [0.2, 0.25) is 0 Å². The van der Waals surface area contributed by atoms with E-state index in [0.29, 0.717) is 0 Å². The van der Waals surface area contributed by atoms with Crippen LogP contribution in [-0.2, 0) is 0 Å². The molecule has 0 saturated heterocycles. The fourth-order valence-electron chi connectivity index (χ4n) is 2.44. The predicted octanol–water partition coefficient (Wildman–Crippen LogP) is 4.18. The number of halogens is 1. The Morgan fingerprint density at radius 2 is 1.90 bits per heavy atom. The van der Waals surface area contributed by atoms with Gasteiger partial charge in [-0.3, -0.25) is 5.10 Å². The van der Waals surface area contributed by atoms with Crippen molar-refractivity contribution in [2.75, 3.05) is 0 Å². The van der Waals surface area contributed by atoms with Gasteiger partial charge >= 0.3 is 0 Å². The maximum Gasteiger partial charge on any atom is 0.159 e. The molecule has 0 bridgehead atoms. The lowest BCUT2D eigenvalue weighted by molar-refractivity contribution is 1.10. The highest BCUT2D eigenvalue weighted by atomic mass is 79.9. The molecule has 4 aromatic rings. The number of benzene rings is 2. The zero-order valence-electron chi connectivity index (χ0n) is 10.7. The van der Waals surface area contributed by atoms with Crippen LogP contribution < -0.4 is 0 Å². The summed E-state index contributed by atoms with van der Waals surface area (Å²) < 4.78 is 1.06. The number of aromatic nitrogens is 4. The molecule has 0 aliphatic carbocycles. The van der Waals surface area contributed by atoms with Crippen LogP contribution in [0.5, 0.6) is 0 Å². The van der Waals surface area contributed by atoms with E-state index in [1.54, 1.807) is 0 Å². The van der Waals surface area contributed by atoms with E-state index in [4.69, 9.17) is 4.98 Å². The van der Waals surface area contributed by atoms with Gasteiger partial charge in [0.25, 0.3) is 0 Å². The van der Waals surface area contributed by atoms with Crippen LogP contribution in [0, 0.1) is 6.92 Å². The standard InChI is InChI=1S/C15H11BrN4/c1-8-10(16)6-7-12-13(8)18-15(17-12)14-9-4-2-3-5-11(9)19-20-14/h2-7H,1H3,(H,17,18)(H,19,20). The first kappa shape index (κ1) is 11.7. The lowest BCUT2D eigenvalue weighted by Gasteiger charge is -1.96. The molecule has 0 aliphatic heterocycles. The molecule has 2 aromatic carbocycles. The molecule has 0 unspecified atom stereocenters. The van der Waals surface area contributed by atoms with E-state index in [9.17, 15) is 0 Å². The van der Waals surface area contributed by atoms with Crippen molar-refractivity contribution in [3.63, 3.8) is 0 Å². The first-order chi connectivity index (χ1) is 9.74. The van der Waals surface area contributed by atoms with Gasteiger partial charge in [-0.25, -0.2) is 4.98 Å². The summed E-state index contributed by atoms with van der Waals surface area (Å²) in [5.74, 6) is 0.790. The average Bonchev–Trinajstić information content (AvgIpc) is 3.06.